The molecule has 0 atom stereocenters. The molecule has 1 rings (SSSR count). The number of carbonyl (C=O) groups excluding carboxylic acids is 1. The van der Waals surface area contributed by atoms with Crippen molar-refractivity contribution in [3.05, 3.63) is 23.5 Å². The van der Waals surface area contributed by atoms with E-state index in [0.29, 0.717) is 11.4 Å². The molecule has 0 aliphatic heterocycles. The summed E-state index contributed by atoms with van der Waals surface area (Å²) in [6.45, 7) is 1.98. The van der Waals surface area contributed by atoms with Crippen molar-refractivity contribution in [2.45, 2.75) is 13.3 Å². The van der Waals surface area contributed by atoms with E-state index in [9.17, 15) is 4.79 Å². The fourth-order valence-corrected chi connectivity index (χ4v) is 0.941. The van der Waals surface area contributed by atoms with Crippen molar-refractivity contribution in [2.24, 2.45) is 0 Å². The highest BCUT2D eigenvalue weighted by Crippen LogP contribution is 2.12. The van der Waals surface area contributed by atoms with E-state index in [1.807, 2.05) is 13.0 Å². The highest BCUT2D eigenvalue weighted by atomic mass is 16.5. The van der Waals surface area contributed by atoms with Gasteiger partial charge in [-0.05, 0) is 6.42 Å². The van der Waals surface area contributed by atoms with Crippen LogP contribution in [-0.4, -0.2) is 18.4 Å². The lowest BCUT2D eigenvalue weighted by molar-refractivity contribution is 0.111. The molecule has 1 aromatic rings. The molecule has 0 saturated carbocycles. The Morgan fingerprint density at radius 1 is 1.58 bits per heavy atom. The largest absolute Gasteiger partial charge is 0.497 e. The molecule has 0 bridgehead atoms. The standard InChI is InChI=1S/C9H11NO2/c1-3-7-4-9(12-2)5-8(6-11)10-7/h4-6H,3H2,1-2H3. The van der Waals surface area contributed by atoms with E-state index in [1.54, 1.807) is 13.2 Å². The normalized spacial score (nSPS) is 9.50. The molecule has 0 unspecified atom stereocenters. The number of pyridine rings is 1. The van der Waals surface area contributed by atoms with Gasteiger partial charge in [0.05, 0.1) is 7.11 Å². The summed E-state index contributed by atoms with van der Waals surface area (Å²) in [6, 6.07) is 3.44. The van der Waals surface area contributed by atoms with Crippen molar-refractivity contribution in [1.82, 2.24) is 4.98 Å². The zero-order valence-corrected chi connectivity index (χ0v) is 7.20. The molecule has 0 radical (unpaired) electrons. The van der Waals surface area contributed by atoms with Crippen LogP contribution in [0.5, 0.6) is 5.75 Å². The number of rotatable bonds is 3. The molecule has 0 fully saturated rings. The summed E-state index contributed by atoms with van der Waals surface area (Å²) < 4.78 is 5.00. The van der Waals surface area contributed by atoms with E-state index in [0.717, 1.165) is 18.4 Å². The van der Waals surface area contributed by atoms with Crippen molar-refractivity contribution >= 4 is 6.29 Å². The summed E-state index contributed by atoms with van der Waals surface area (Å²) in [5, 5.41) is 0. The third-order valence-corrected chi connectivity index (χ3v) is 1.59. The van der Waals surface area contributed by atoms with Gasteiger partial charge in [-0.3, -0.25) is 4.79 Å². The fourth-order valence-electron chi connectivity index (χ4n) is 0.941. The topological polar surface area (TPSA) is 39.2 Å². The van der Waals surface area contributed by atoms with Crippen LogP contribution in [0.2, 0.25) is 0 Å². The predicted molar refractivity (Wildman–Crippen MR) is 45.6 cm³/mol. The molecule has 0 N–H and O–H groups in total. The van der Waals surface area contributed by atoms with Crippen molar-refractivity contribution in [3.63, 3.8) is 0 Å². The van der Waals surface area contributed by atoms with Gasteiger partial charge in [0.2, 0.25) is 0 Å². The Balaban J connectivity index is 3.09. The maximum absolute atomic E-state index is 10.4. The van der Waals surface area contributed by atoms with Gasteiger partial charge in [0.15, 0.2) is 6.29 Å². The second-order valence-electron chi connectivity index (χ2n) is 2.39. The smallest absolute Gasteiger partial charge is 0.168 e. The Bertz CT molecular complexity index is 262. The maximum Gasteiger partial charge on any atom is 0.168 e. The first kappa shape index (κ1) is 8.71. The molecule has 0 amide bonds. The number of hydrogen-bond acceptors (Lipinski definition) is 3. The first-order chi connectivity index (χ1) is 5.80. The second kappa shape index (κ2) is 3.85. The zero-order chi connectivity index (χ0) is 8.97. The van der Waals surface area contributed by atoms with Gasteiger partial charge in [0.1, 0.15) is 11.4 Å². The van der Waals surface area contributed by atoms with E-state index in [2.05, 4.69) is 4.98 Å². The number of aryl methyl sites for hydroxylation is 1. The molecule has 3 nitrogen and oxygen atoms in total. The van der Waals surface area contributed by atoms with Crippen molar-refractivity contribution < 1.29 is 9.53 Å². The van der Waals surface area contributed by atoms with E-state index in [-0.39, 0.29) is 0 Å². The average Bonchev–Trinajstić information content (AvgIpc) is 2.16. The molecule has 1 heterocycles. The first-order valence-electron chi connectivity index (χ1n) is 3.80. The summed E-state index contributed by atoms with van der Waals surface area (Å²) in [5.41, 5.74) is 1.29. The van der Waals surface area contributed by atoms with Gasteiger partial charge in [0.25, 0.3) is 0 Å². The summed E-state index contributed by atoms with van der Waals surface area (Å²) >= 11 is 0. The number of ether oxygens (including phenoxy) is 1. The monoisotopic (exact) mass is 165 g/mol. The van der Waals surface area contributed by atoms with Gasteiger partial charge >= 0.3 is 0 Å². The quantitative estimate of drug-likeness (QED) is 0.636. The van der Waals surface area contributed by atoms with Gasteiger partial charge in [-0.25, -0.2) is 4.98 Å². The van der Waals surface area contributed by atoms with E-state index in [1.165, 1.54) is 0 Å². The van der Waals surface area contributed by atoms with Gasteiger partial charge in [0, 0.05) is 17.8 Å². The maximum atomic E-state index is 10.4. The SMILES string of the molecule is CCc1cc(OC)cc(C=O)n1. The summed E-state index contributed by atoms with van der Waals surface area (Å²) in [4.78, 5) is 14.5. The molecule has 0 spiro atoms. The minimum absolute atomic E-state index is 0.422. The van der Waals surface area contributed by atoms with Crippen LogP contribution in [0.15, 0.2) is 12.1 Å². The molecule has 0 aromatic carbocycles. The molecular formula is C9H11NO2. The molecule has 0 aliphatic carbocycles. The highest BCUT2D eigenvalue weighted by Gasteiger charge is 1.99. The van der Waals surface area contributed by atoms with Gasteiger partial charge in [-0.15, -0.1) is 0 Å². The third-order valence-electron chi connectivity index (χ3n) is 1.59. The average molecular weight is 165 g/mol. The number of aromatic nitrogens is 1. The van der Waals surface area contributed by atoms with Crippen LogP contribution >= 0.6 is 0 Å². The Morgan fingerprint density at radius 2 is 2.33 bits per heavy atom. The molecule has 12 heavy (non-hydrogen) atoms. The number of methoxy groups -OCH3 is 1. The molecular weight excluding hydrogens is 154 g/mol. The lowest BCUT2D eigenvalue weighted by Crippen LogP contribution is -1.95. The zero-order valence-electron chi connectivity index (χ0n) is 7.20. The summed E-state index contributed by atoms with van der Waals surface area (Å²) in [6.07, 6.45) is 1.53. The van der Waals surface area contributed by atoms with Crippen LogP contribution < -0.4 is 4.74 Å². The van der Waals surface area contributed by atoms with Crippen molar-refractivity contribution in [1.29, 1.82) is 0 Å². The molecule has 1 aromatic heterocycles. The van der Waals surface area contributed by atoms with Crippen LogP contribution in [0.4, 0.5) is 0 Å². The number of aldehydes is 1. The molecule has 0 aliphatic rings. The van der Waals surface area contributed by atoms with Crippen LogP contribution in [0, 0.1) is 0 Å². The van der Waals surface area contributed by atoms with Crippen LogP contribution in [0.3, 0.4) is 0 Å². The van der Waals surface area contributed by atoms with Gasteiger partial charge in [-0.2, -0.15) is 0 Å². The summed E-state index contributed by atoms with van der Waals surface area (Å²) in [5.74, 6) is 0.684. The van der Waals surface area contributed by atoms with E-state index >= 15 is 0 Å². The molecule has 64 valence electrons. The predicted octanol–water partition coefficient (Wildman–Crippen LogP) is 1.47. The highest BCUT2D eigenvalue weighted by molar-refractivity contribution is 5.72. The number of hydrogen-bond donors (Lipinski definition) is 0. The Morgan fingerprint density at radius 3 is 2.83 bits per heavy atom. The molecule has 3 heteroatoms. The van der Waals surface area contributed by atoms with Gasteiger partial charge in [-0.1, -0.05) is 6.92 Å². The summed E-state index contributed by atoms with van der Waals surface area (Å²) in [7, 11) is 1.57. The van der Waals surface area contributed by atoms with E-state index < -0.39 is 0 Å². The fraction of sp³-hybridized carbons (Fsp3) is 0.333. The number of carbonyl (C=O) groups is 1. The minimum atomic E-state index is 0.422. The van der Waals surface area contributed by atoms with E-state index in [4.69, 9.17) is 4.74 Å². The Labute approximate surface area is 71.4 Å². The van der Waals surface area contributed by atoms with Gasteiger partial charge < -0.3 is 4.74 Å². The molecule has 0 saturated heterocycles. The second-order valence-corrected chi connectivity index (χ2v) is 2.39. The van der Waals surface area contributed by atoms with Crippen molar-refractivity contribution in [3.8, 4) is 5.75 Å². The van der Waals surface area contributed by atoms with Crippen LogP contribution in [0.25, 0.3) is 0 Å². The first-order valence-corrected chi connectivity index (χ1v) is 3.80. The minimum Gasteiger partial charge on any atom is -0.497 e. The lowest BCUT2D eigenvalue weighted by atomic mass is 10.2. The third kappa shape index (κ3) is 1.81. The Kier molecular flexibility index (Phi) is 2.80. The van der Waals surface area contributed by atoms with Crippen LogP contribution in [-0.2, 0) is 6.42 Å². The number of nitrogens with zero attached hydrogens (tertiary/aromatic N) is 1. The van der Waals surface area contributed by atoms with Crippen molar-refractivity contribution in [2.75, 3.05) is 7.11 Å². The lowest BCUT2D eigenvalue weighted by Gasteiger charge is -2.02. The van der Waals surface area contributed by atoms with Crippen LogP contribution in [0.1, 0.15) is 23.1 Å². The Hall–Kier alpha value is -1.38.